The van der Waals surface area contributed by atoms with Crippen LogP contribution in [-0.4, -0.2) is 38.0 Å². The Bertz CT molecular complexity index is 1440. The van der Waals surface area contributed by atoms with Gasteiger partial charge in [-0.25, -0.2) is 0 Å². The first-order valence-corrected chi connectivity index (χ1v) is 12.9. The molecule has 0 unspecified atom stereocenters. The fourth-order valence-electron chi connectivity index (χ4n) is 4.63. The van der Waals surface area contributed by atoms with Crippen LogP contribution in [0.15, 0.2) is 33.4 Å². The van der Waals surface area contributed by atoms with Crippen molar-refractivity contribution >= 4 is 28.5 Å². The van der Waals surface area contributed by atoms with Crippen molar-refractivity contribution in [2.45, 2.75) is 72.4 Å². The third-order valence-electron chi connectivity index (χ3n) is 6.47. The van der Waals surface area contributed by atoms with Gasteiger partial charge in [-0.1, -0.05) is 36.7 Å². The van der Waals surface area contributed by atoms with E-state index in [1.54, 1.807) is 10.8 Å². The van der Waals surface area contributed by atoms with E-state index < -0.39 is 5.60 Å². The molecule has 0 amide bonds. The molecule has 0 fully saturated rings. The molecule has 5 rings (SSSR count). The molecule has 3 aromatic heterocycles. The number of esters is 1. The first kappa shape index (κ1) is 25.5. The van der Waals surface area contributed by atoms with E-state index >= 15 is 0 Å². The summed E-state index contributed by atoms with van der Waals surface area (Å²) in [7, 11) is 0. The summed E-state index contributed by atoms with van der Waals surface area (Å²) < 4.78 is 18.3. The van der Waals surface area contributed by atoms with Crippen molar-refractivity contribution < 1.29 is 18.6 Å². The van der Waals surface area contributed by atoms with Gasteiger partial charge in [0, 0.05) is 36.7 Å². The highest BCUT2D eigenvalue weighted by Gasteiger charge is 2.32. The molecule has 1 N–H and O–H groups in total. The summed E-state index contributed by atoms with van der Waals surface area (Å²) in [4.78, 5) is 16.5. The fourth-order valence-corrected chi connectivity index (χ4v) is 4.88. The number of rotatable bonds is 7. The standard InChI is InChI=1S/C27H32ClN5O4/c1-26(2,3)35-22(34)9-11-29-14-16-6-7-20-18(12-16)19(28)15-33(20)25-30-24(37-32-25)23-17-8-10-27(4,5)13-21(17)36-31-23/h6-7,12,15,29H,8-11,13-14H2,1-5H3. The van der Waals surface area contributed by atoms with Gasteiger partial charge < -0.3 is 19.1 Å². The van der Waals surface area contributed by atoms with E-state index in [9.17, 15) is 4.79 Å². The van der Waals surface area contributed by atoms with Crippen LogP contribution in [0.4, 0.5) is 0 Å². The zero-order valence-electron chi connectivity index (χ0n) is 21.9. The third-order valence-corrected chi connectivity index (χ3v) is 6.77. The molecule has 10 heteroatoms. The topological polar surface area (TPSA) is 108 Å². The summed E-state index contributed by atoms with van der Waals surface area (Å²) in [6.07, 6.45) is 4.84. The molecule has 4 aromatic rings. The Balaban J connectivity index is 1.29. The molecule has 0 saturated carbocycles. The van der Waals surface area contributed by atoms with E-state index in [0.29, 0.717) is 42.1 Å². The summed E-state index contributed by atoms with van der Waals surface area (Å²) in [5.74, 6) is 1.39. The highest BCUT2D eigenvalue weighted by atomic mass is 35.5. The molecular weight excluding hydrogens is 494 g/mol. The average molecular weight is 526 g/mol. The number of nitrogens with one attached hydrogen (secondary N) is 1. The van der Waals surface area contributed by atoms with Crippen molar-refractivity contribution in [3.05, 3.63) is 46.3 Å². The SMILES string of the molecule is CC1(C)CCc2c(-c3nc(-n4cc(Cl)c5cc(CNCCC(=O)OC(C)(C)C)ccc54)no3)noc2C1. The molecule has 0 bridgehead atoms. The van der Waals surface area contributed by atoms with E-state index in [-0.39, 0.29) is 11.4 Å². The molecule has 0 radical (unpaired) electrons. The molecule has 1 aromatic carbocycles. The van der Waals surface area contributed by atoms with Gasteiger partial charge in [-0.05, 0) is 61.9 Å². The number of hydrogen-bond donors (Lipinski definition) is 1. The third kappa shape index (κ3) is 5.57. The van der Waals surface area contributed by atoms with Crippen LogP contribution in [0.5, 0.6) is 0 Å². The Morgan fingerprint density at radius 1 is 1.24 bits per heavy atom. The summed E-state index contributed by atoms with van der Waals surface area (Å²) in [5.41, 5.74) is 3.29. The minimum absolute atomic E-state index is 0.192. The van der Waals surface area contributed by atoms with Crippen LogP contribution >= 0.6 is 11.6 Å². The first-order chi connectivity index (χ1) is 17.5. The zero-order valence-corrected chi connectivity index (χ0v) is 22.6. The van der Waals surface area contributed by atoms with Crippen molar-refractivity contribution in [3.63, 3.8) is 0 Å². The van der Waals surface area contributed by atoms with Crippen LogP contribution in [0.25, 0.3) is 28.4 Å². The van der Waals surface area contributed by atoms with Crippen LogP contribution in [0.3, 0.4) is 0 Å². The second-order valence-corrected chi connectivity index (χ2v) is 11.8. The lowest BCUT2D eigenvalue weighted by Crippen LogP contribution is -2.26. The number of carbonyl (C=O) groups excluding carboxylic acids is 1. The molecule has 1 aliphatic carbocycles. The van der Waals surface area contributed by atoms with Crippen molar-refractivity contribution in [1.82, 2.24) is 25.2 Å². The second-order valence-electron chi connectivity index (χ2n) is 11.4. The molecule has 0 atom stereocenters. The van der Waals surface area contributed by atoms with E-state index in [1.807, 2.05) is 39.0 Å². The highest BCUT2D eigenvalue weighted by molar-refractivity contribution is 6.35. The predicted octanol–water partition coefficient (Wildman–Crippen LogP) is 5.66. The van der Waals surface area contributed by atoms with Gasteiger partial charge in [-0.2, -0.15) is 4.98 Å². The van der Waals surface area contributed by atoms with Crippen LogP contribution in [0.1, 0.15) is 64.3 Å². The van der Waals surface area contributed by atoms with Gasteiger partial charge in [0.1, 0.15) is 11.4 Å². The van der Waals surface area contributed by atoms with Gasteiger partial charge in [0.2, 0.25) is 0 Å². The molecule has 37 heavy (non-hydrogen) atoms. The van der Waals surface area contributed by atoms with E-state index in [4.69, 9.17) is 25.4 Å². The average Bonchev–Trinajstić information content (AvgIpc) is 3.52. The number of benzene rings is 1. The Kier molecular flexibility index (Phi) is 6.62. The lowest BCUT2D eigenvalue weighted by molar-refractivity contribution is -0.154. The lowest BCUT2D eigenvalue weighted by Gasteiger charge is -2.27. The maximum Gasteiger partial charge on any atom is 0.307 e. The second kappa shape index (κ2) is 9.61. The van der Waals surface area contributed by atoms with Crippen molar-refractivity contribution in [1.29, 1.82) is 0 Å². The Morgan fingerprint density at radius 2 is 2.05 bits per heavy atom. The zero-order chi connectivity index (χ0) is 26.4. The van der Waals surface area contributed by atoms with Gasteiger partial charge in [0.25, 0.3) is 11.8 Å². The molecular formula is C27H32ClN5O4. The van der Waals surface area contributed by atoms with Gasteiger partial charge >= 0.3 is 5.97 Å². The summed E-state index contributed by atoms with van der Waals surface area (Å²) in [6.45, 7) is 11.2. The Hall–Kier alpha value is -3.17. The van der Waals surface area contributed by atoms with Crippen LogP contribution in [-0.2, 0) is 28.9 Å². The van der Waals surface area contributed by atoms with Crippen molar-refractivity contribution in [3.8, 4) is 17.5 Å². The number of hydrogen-bond acceptors (Lipinski definition) is 8. The monoisotopic (exact) mass is 525 g/mol. The van der Waals surface area contributed by atoms with Gasteiger partial charge in [0.15, 0.2) is 5.69 Å². The summed E-state index contributed by atoms with van der Waals surface area (Å²) >= 11 is 6.58. The molecule has 9 nitrogen and oxygen atoms in total. The smallest absolute Gasteiger partial charge is 0.307 e. The maximum atomic E-state index is 11.9. The number of fused-ring (bicyclic) bond motifs is 2. The van der Waals surface area contributed by atoms with E-state index in [1.165, 1.54) is 0 Å². The number of nitrogens with zero attached hydrogens (tertiary/aromatic N) is 4. The number of aromatic nitrogens is 4. The lowest BCUT2D eigenvalue weighted by atomic mass is 9.77. The van der Waals surface area contributed by atoms with Crippen molar-refractivity contribution in [2.24, 2.45) is 5.41 Å². The molecule has 0 aliphatic heterocycles. The number of carbonyl (C=O) groups is 1. The summed E-state index contributed by atoms with van der Waals surface area (Å²) in [6, 6.07) is 6.00. The molecule has 1 aliphatic rings. The van der Waals surface area contributed by atoms with Gasteiger partial charge in [0.05, 0.1) is 17.0 Å². The Labute approximate surface area is 220 Å². The molecule has 3 heterocycles. The predicted molar refractivity (Wildman–Crippen MR) is 140 cm³/mol. The molecule has 0 saturated heterocycles. The van der Waals surface area contributed by atoms with Gasteiger partial charge in [-0.3, -0.25) is 9.36 Å². The molecule has 0 spiro atoms. The number of halogens is 1. The van der Waals surface area contributed by atoms with Crippen LogP contribution < -0.4 is 5.32 Å². The number of ether oxygens (including phenoxy) is 1. The van der Waals surface area contributed by atoms with E-state index in [2.05, 4.69) is 34.5 Å². The van der Waals surface area contributed by atoms with Gasteiger partial charge in [-0.15, -0.1) is 0 Å². The summed E-state index contributed by atoms with van der Waals surface area (Å²) in [5, 5.41) is 13.2. The highest BCUT2D eigenvalue weighted by Crippen LogP contribution is 2.39. The quantitative estimate of drug-likeness (QED) is 0.243. The maximum absolute atomic E-state index is 11.9. The van der Waals surface area contributed by atoms with Crippen LogP contribution in [0.2, 0.25) is 5.02 Å². The normalized spacial score (nSPS) is 15.2. The van der Waals surface area contributed by atoms with Crippen molar-refractivity contribution in [2.75, 3.05) is 6.54 Å². The first-order valence-electron chi connectivity index (χ1n) is 12.5. The Morgan fingerprint density at radius 3 is 2.84 bits per heavy atom. The molecule has 196 valence electrons. The minimum Gasteiger partial charge on any atom is -0.460 e. The fraction of sp³-hybridized carbons (Fsp3) is 0.481. The van der Waals surface area contributed by atoms with E-state index in [0.717, 1.165) is 47.1 Å². The largest absolute Gasteiger partial charge is 0.460 e. The van der Waals surface area contributed by atoms with Crippen LogP contribution in [0, 0.1) is 5.41 Å². The minimum atomic E-state index is -0.475.